The van der Waals surface area contributed by atoms with Crippen LogP contribution in [0, 0.1) is 16.7 Å². The Bertz CT molecular complexity index is 493. The first kappa shape index (κ1) is 16.3. The van der Waals surface area contributed by atoms with Gasteiger partial charge in [-0.1, -0.05) is 12.8 Å². The zero-order chi connectivity index (χ0) is 16.3. The zero-order valence-corrected chi connectivity index (χ0v) is 13.8. The molecule has 2 saturated heterocycles. The average molecular weight is 318 g/mol. The Balaban J connectivity index is 1.49. The van der Waals surface area contributed by atoms with E-state index < -0.39 is 5.41 Å². The summed E-state index contributed by atoms with van der Waals surface area (Å²) in [7, 11) is 0. The van der Waals surface area contributed by atoms with Crippen molar-refractivity contribution < 1.29 is 9.59 Å². The number of rotatable bonds is 3. The Morgan fingerprint density at radius 3 is 2.04 bits per heavy atom. The summed E-state index contributed by atoms with van der Waals surface area (Å²) in [5.74, 6) is 0.231. The van der Waals surface area contributed by atoms with Gasteiger partial charge < -0.3 is 9.80 Å². The minimum atomic E-state index is -0.770. The minimum Gasteiger partial charge on any atom is -0.342 e. The second-order valence-electron chi connectivity index (χ2n) is 7.06. The van der Waals surface area contributed by atoms with Gasteiger partial charge in [0, 0.05) is 39.3 Å². The fourth-order valence-electron chi connectivity index (χ4n) is 4.02. The van der Waals surface area contributed by atoms with E-state index in [1.165, 1.54) is 0 Å². The first-order chi connectivity index (χ1) is 11.1. The lowest BCUT2D eigenvalue weighted by Crippen LogP contribution is -2.54. The van der Waals surface area contributed by atoms with Crippen molar-refractivity contribution in [2.45, 2.75) is 38.5 Å². The molecule has 0 unspecified atom stereocenters. The Morgan fingerprint density at radius 1 is 0.870 bits per heavy atom. The molecule has 0 aromatic carbocycles. The predicted molar refractivity (Wildman–Crippen MR) is 85.3 cm³/mol. The van der Waals surface area contributed by atoms with Gasteiger partial charge in [-0.3, -0.25) is 14.5 Å². The van der Waals surface area contributed by atoms with Gasteiger partial charge in [0.15, 0.2) is 0 Å². The molecule has 0 N–H and O–H groups in total. The van der Waals surface area contributed by atoms with Gasteiger partial charge in [0.05, 0.1) is 12.6 Å². The number of nitriles is 1. The van der Waals surface area contributed by atoms with Gasteiger partial charge in [0.2, 0.25) is 11.8 Å². The quantitative estimate of drug-likeness (QED) is 0.773. The molecule has 0 radical (unpaired) electrons. The predicted octanol–water partition coefficient (Wildman–Crippen LogP) is 0.837. The number of piperazine rings is 1. The van der Waals surface area contributed by atoms with Crippen molar-refractivity contribution in [3.8, 4) is 6.07 Å². The van der Waals surface area contributed by atoms with E-state index in [1.807, 2.05) is 9.80 Å². The van der Waals surface area contributed by atoms with Gasteiger partial charge in [-0.05, 0) is 25.7 Å². The number of carbonyl (C=O) groups is 2. The van der Waals surface area contributed by atoms with Crippen LogP contribution < -0.4 is 0 Å². The van der Waals surface area contributed by atoms with Crippen LogP contribution in [0.3, 0.4) is 0 Å². The zero-order valence-electron chi connectivity index (χ0n) is 13.8. The highest BCUT2D eigenvalue weighted by molar-refractivity contribution is 5.86. The molecule has 6 nitrogen and oxygen atoms in total. The van der Waals surface area contributed by atoms with Crippen LogP contribution in [0.5, 0.6) is 0 Å². The van der Waals surface area contributed by atoms with Gasteiger partial charge in [0.1, 0.15) is 5.41 Å². The lowest BCUT2D eigenvalue weighted by molar-refractivity contribution is -0.141. The lowest BCUT2D eigenvalue weighted by atomic mass is 9.86. The van der Waals surface area contributed by atoms with Crippen LogP contribution in [0.4, 0.5) is 0 Å². The SMILES string of the molecule is N#CC1(C(=O)N2CCN(CC(=O)N3CCCC3)CC2)CCCC1. The first-order valence-electron chi connectivity index (χ1n) is 8.85. The van der Waals surface area contributed by atoms with Gasteiger partial charge in [-0.2, -0.15) is 5.26 Å². The highest BCUT2D eigenvalue weighted by Crippen LogP contribution is 2.39. The highest BCUT2D eigenvalue weighted by atomic mass is 16.2. The largest absolute Gasteiger partial charge is 0.342 e. The third-order valence-corrected chi connectivity index (χ3v) is 5.56. The molecule has 0 bridgehead atoms. The maximum absolute atomic E-state index is 12.7. The Morgan fingerprint density at radius 2 is 1.48 bits per heavy atom. The molecule has 3 fully saturated rings. The number of carbonyl (C=O) groups excluding carboxylic acids is 2. The maximum atomic E-state index is 12.7. The highest BCUT2D eigenvalue weighted by Gasteiger charge is 2.44. The van der Waals surface area contributed by atoms with E-state index in [-0.39, 0.29) is 11.8 Å². The van der Waals surface area contributed by atoms with Gasteiger partial charge in [0.25, 0.3) is 0 Å². The molecule has 1 aliphatic carbocycles. The molecular weight excluding hydrogens is 292 g/mol. The molecule has 3 rings (SSSR count). The van der Waals surface area contributed by atoms with E-state index in [2.05, 4.69) is 11.0 Å². The average Bonchev–Trinajstić information content (AvgIpc) is 3.27. The number of amides is 2. The van der Waals surface area contributed by atoms with Crippen LogP contribution in [0.2, 0.25) is 0 Å². The number of likely N-dealkylation sites (tertiary alicyclic amines) is 1. The molecule has 23 heavy (non-hydrogen) atoms. The van der Waals surface area contributed by atoms with E-state index in [1.54, 1.807) is 0 Å². The summed E-state index contributed by atoms with van der Waals surface area (Å²) in [6.07, 6.45) is 5.59. The summed E-state index contributed by atoms with van der Waals surface area (Å²) in [6.45, 7) is 4.97. The normalized spacial score (nSPS) is 24.7. The molecule has 126 valence electrons. The van der Waals surface area contributed by atoms with Crippen LogP contribution in [0.1, 0.15) is 38.5 Å². The molecule has 1 saturated carbocycles. The van der Waals surface area contributed by atoms with Gasteiger partial charge in [-0.25, -0.2) is 0 Å². The Kier molecular flexibility index (Phi) is 4.86. The van der Waals surface area contributed by atoms with Crippen molar-refractivity contribution in [1.82, 2.24) is 14.7 Å². The molecule has 2 aliphatic heterocycles. The molecule has 0 atom stereocenters. The molecule has 3 aliphatic rings. The fraction of sp³-hybridized carbons (Fsp3) is 0.824. The summed E-state index contributed by atoms with van der Waals surface area (Å²) in [5.41, 5.74) is -0.770. The van der Waals surface area contributed by atoms with E-state index in [0.29, 0.717) is 32.5 Å². The van der Waals surface area contributed by atoms with E-state index >= 15 is 0 Å². The number of hydrogen-bond donors (Lipinski definition) is 0. The van der Waals surface area contributed by atoms with E-state index in [9.17, 15) is 14.9 Å². The molecule has 2 heterocycles. The molecule has 0 aromatic heterocycles. The van der Waals surface area contributed by atoms with Crippen LogP contribution in [-0.4, -0.2) is 72.3 Å². The van der Waals surface area contributed by atoms with Crippen LogP contribution >= 0.6 is 0 Å². The molecular formula is C17H26N4O2. The van der Waals surface area contributed by atoms with Crippen molar-refractivity contribution in [3.05, 3.63) is 0 Å². The van der Waals surface area contributed by atoms with Crippen molar-refractivity contribution >= 4 is 11.8 Å². The Labute approximate surface area is 138 Å². The van der Waals surface area contributed by atoms with Crippen molar-refractivity contribution in [2.24, 2.45) is 5.41 Å². The van der Waals surface area contributed by atoms with Crippen molar-refractivity contribution in [2.75, 3.05) is 45.8 Å². The molecule has 0 spiro atoms. The molecule has 6 heteroatoms. The summed E-state index contributed by atoms with van der Waals surface area (Å²) >= 11 is 0. The monoisotopic (exact) mass is 318 g/mol. The van der Waals surface area contributed by atoms with Crippen LogP contribution in [0.15, 0.2) is 0 Å². The second kappa shape index (κ2) is 6.88. The van der Waals surface area contributed by atoms with Crippen LogP contribution in [-0.2, 0) is 9.59 Å². The lowest BCUT2D eigenvalue weighted by Gasteiger charge is -2.37. The minimum absolute atomic E-state index is 0.0167. The third-order valence-electron chi connectivity index (χ3n) is 5.56. The smallest absolute Gasteiger partial charge is 0.243 e. The summed E-state index contributed by atoms with van der Waals surface area (Å²) in [4.78, 5) is 30.8. The summed E-state index contributed by atoms with van der Waals surface area (Å²) < 4.78 is 0. The number of nitrogens with zero attached hydrogens (tertiary/aromatic N) is 4. The van der Waals surface area contributed by atoms with E-state index in [0.717, 1.165) is 51.9 Å². The third kappa shape index (κ3) is 3.35. The fourth-order valence-corrected chi connectivity index (χ4v) is 4.02. The molecule has 2 amide bonds. The van der Waals surface area contributed by atoms with Gasteiger partial charge in [-0.15, -0.1) is 0 Å². The topological polar surface area (TPSA) is 67.6 Å². The second-order valence-corrected chi connectivity index (χ2v) is 7.06. The first-order valence-corrected chi connectivity index (χ1v) is 8.85. The summed E-state index contributed by atoms with van der Waals surface area (Å²) in [5, 5.41) is 9.45. The van der Waals surface area contributed by atoms with Crippen molar-refractivity contribution in [1.29, 1.82) is 5.26 Å². The Hall–Kier alpha value is -1.61. The maximum Gasteiger partial charge on any atom is 0.243 e. The van der Waals surface area contributed by atoms with Gasteiger partial charge >= 0.3 is 0 Å². The number of hydrogen-bond acceptors (Lipinski definition) is 4. The summed E-state index contributed by atoms with van der Waals surface area (Å²) in [6, 6.07) is 2.29. The van der Waals surface area contributed by atoms with E-state index in [4.69, 9.17) is 0 Å². The van der Waals surface area contributed by atoms with Crippen molar-refractivity contribution in [3.63, 3.8) is 0 Å². The van der Waals surface area contributed by atoms with Crippen LogP contribution in [0.25, 0.3) is 0 Å². The molecule has 0 aromatic rings. The standard InChI is InChI=1S/C17H26N4O2/c18-14-17(5-1-2-6-17)16(23)21-11-9-19(10-12-21)13-15(22)20-7-3-4-8-20/h1-13H2.